The molecule has 3 rings (SSSR count). The van der Waals surface area contributed by atoms with Gasteiger partial charge in [-0.05, 0) is 63.6 Å². The predicted octanol–water partition coefficient (Wildman–Crippen LogP) is 3.98. The van der Waals surface area contributed by atoms with E-state index in [1.54, 1.807) is 30.3 Å². The summed E-state index contributed by atoms with van der Waals surface area (Å²) in [5.41, 5.74) is 1.16. The zero-order valence-electron chi connectivity index (χ0n) is 19.1. The van der Waals surface area contributed by atoms with Crippen molar-refractivity contribution in [3.8, 4) is 5.75 Å². The first kappa shape index (κ1) is 24.7. The fourth-order valence-corrected chi connectivity index (χ4v) is 3.63. The van der Waals surface area contributed by atoms with E-state index in [1.807, 2.05) is 44.7 Å². The van der Waals surface area contributed by atoms with Gasteiger partial charge in [0.2, 0.25) is 11.6 Å². The van der Waals surface area contributed by atoms with Gasteiger partial charge in [-0.1, -0.05) is 35.3 Å². The minimum Gasteiger partial charge on any atom is -0.489 e. The lowest BCUT2D eigenvalue weighted by Crippen LogP contribution is -2.48. The van der Waals surface area contributed by atoms with E-state index in [0.29, 0.717) is 40.5 Å². The number of hydrogen-bond donors (Lipinski definition) is 1. The monoisotopic (exact) mass is 490 g/mol. The Hall–Kier alpha value is -2.97. The van der Waals surface area contributed by atoms with Crippen molar-refractivity contribution < 1.29 is 4.74 Å². The average Bonchev–Trinajstić information content (AvgIpc) is 2.77. The lowest BCUT2D eigenvalue weighted by atomic mass is 10.2. The van der Waals surface area contributed by atoms with E-state index in [9.17, 15) is 4.79 Å². The van der Waals surface area contributed by atoms with E-state index >= 15 is 0 Å². The summed E-state index contributed by atoms with van der Waals surface area (Å²) in [6, 6.07) is 12.4. The van der Waals surface area contributed by atoms with Crippen LogP contribution in [0, 0.1) is 0 Å². The molecule has 0 amide bonds. The summed E-state index contributed by atoms with van der Waals surface area (Å²) >= 11 is 12.4. The molecule has 176 valence electrons. The van der Waals surface area contributed by atoms with Crippen LogP contribution < -0.4 is 26.8 Å². The highest BCUT2D eigenvalue weighted by Gasteiger charge is 2.15. The van der Waals surface area contributed by atoms with Gasteiger partial charge in [-0.25, -0.2) is 9.79 Å². The van der Waals surface area contributed by atoms with Crippen LogP contribution in [-0.4, -0.2) is 33.4 Å². The molecule has 1 aromatic heterocycles. The molecule has 0 spiro atoms. The Morgan fingerprint density at radius 1 is 1.12 bits per heavy atom. The molecule has 0 atom stereocenters. The molecule has 0 aliphatic heterocycles. The van der Waals surface area contributed by atoms with Crippen molar-refractivity contribution in [1.29, 1.82) is 0 Å². The highest BCUT2D eigenvalue weighted by molar-refractivity contribution is 6.32. The molecule has 8 nitrogen and oxygen atoms in total. The van der Waals surface area contributed by atoms with Crippen LogP contribution in [0.5, 0.6) is 5.75 Å². The van der Waals surface area contributed by atoms with Crippen molar-refractivity contribution in [3.05, 3.63) is 74.2 Å². The van der Waals surface area contributed by atoms with Crippen molar-refractivity contribution in [2.24, 2.45) is 4.99 Å². The van der Waals surface area contributed by atoms with Gasteiger partial charge in [0.25, 0.3) is 0 Å². The normalized spacial score (nSPS) is 11.8. The van der Waals surface area contributed by atoms with Crippen molar-refractivity contribution in [2.75, 3.05) is 23.8 Å². The van der Waals surface area contributed by atoms with Crippen LogP contribution >= 0.6 is 23.2 Å². The zero-order chi connectivity index (χ0) is 24.1. The van der Waals surface area contributed by atoms with Crippen molar-refractivity contribution in [3.63, 3.8) is 0 Å². The summed E-state index contributed by atoms with van der Waals surface area (Å²) in [7, 11) is 0. The van der Waals surface area contributed by atoms with Gasteiger partial charge in [0.15, 0.2) is 0 Å². The maximum absolute atomic E-state index is 13.1. The van der Waals surface area contributed by atoms with Gasteiger partial charge >= 0.3 is 5.69 Å². The van der Waals surface area contributed by atoms with E-state index < -0.39 is 5.69 Å². The minimum absolute atomic E-state index is 0.0159. The first-order chi connectivity index (χ1) is 15.7. The van der Waals surface area contributed by atoms with E-state index in [0.717, 1.165) is 5.56 Å². The third kappa shape index (κ3) is 5.89. The van der Waals surface area contributed by atoms with Crippen molar-refractivity contribution in [1.82, 2.24) is 14.2 Å². The van der Waals surface area contributed by atoms with Crippen LogP contribution in [-0.2, 0) is 6.54 Å². The van der Waals surface area contributed by atoms with Crippen LogP contribution in [0.4, 0.5) is 11.6 Å². The number of ether oxygens (including phenoxy) is 1. The fraction of sp³-hybridized carbons (Fsp3) is 0.348. The van der Waals surface area contributed by atoms with E-state index in [2.05, 4.69) is 9.98 Å². The topological polar surface area (TPSA) is 90.7 Å². The molecule has 10 heteroatoms. The molecule has 0 unspecified atom stereocenters. The van der Waals surface area contributed by atoms with Gasteiger partial charge in [0, 0.05) is 18.1 Å². The molecule has 2 aromatic carbocycles. The average molecular weight is 491 g/mol. The Balaban J connectivity index is 2.20. The van der Waals surface area contributed by atoms with E-state index in [-0.39, 0.29) is 18.3 Å². The molecule has 3 aromatic rings. The summed E-state index contributed by atoms with van der Waals surface area (Å²) in [5, 5.41) is 1.02. The van der Waals surface area contributed by atoms with Crippen LogP contribution in [0.2, 0.25) is 10.0 Å². The molecule has 33 heavy (non-hydrogen) atoms. The Morgan fingerprint density at radius 3 is 2.36 bits per heavy atom. The Bertz CT molecular complexity index is 1230. The number of nitrogens with zero attached hydrogens (tertiary/aromatic N) is 5. The van der Waals surface area contributed by atoms with E-state index in [4.69, 9.17) is 33.8 Å². The lowest BCUT2D eigenvalue weighted by molar-refractivity contribution is 0.242. The Morgan fingerprint density at radius 2 is 1.79 bits per heavy atom. The standard InChI is InChI=1S/C23H28Cl2N6O2/c1-5-29(6-2)21-28-23(32)30(14-16-7-9-17(24)10-8-16)22(31(21)26)27-18-11-12-20(19(25)13-18)33-15(3)4/h7-13,15H,5-6,14,26H2,1-4H3. The second-order valence-corrected chi connectivity index (χ2v) is 8.49. The molecule has 0 saturated heterocycles. The summed E-state index contributed by atoms with van der Waals surface area (Å²) < 4.78 is 8.45. The van der Waals surface area contributed by atoms with E-state index in [1.165, 1.54) is 9.24 Å². The van der Waals surface area contributed by atoms with Crippen LogP contribution in [0.15, 0.2) is 52.3 Å². The molecular formula is C23H28Cl2N6O2. The summed E-state index contributed by atoms with van der Waals surface area (Å²) in [6.45, 7) is 9.27. The SMILES string of the molecule is CCN(CC)c1nc(=O)n(Cc2ccc(Cl)cc2)c(=Nc2ccc(OC(C)C)c(Cl)c2)n1N. The highest BCUT2D eigenvalue weighted by atomic mass is 35.5. The number of halogens is 2. The molecular weight excluding hydrogens is 463 g/mol. The number of anilines is 1. The number of benzene rings is 2. The lowest BCUT2D eigenvalue weighted by Gasteiger charge is -2.22. The predicted molar refractivity (Wildman–Crippen MR) is 133 cm³/mol. The number of rotatable bonds is 8. The smallest absolute Gasteiger partial charge is 0.354 e. The number of nitrogen functional groups attached to an aromatic ring is 1. The zero-order valence-corrected chi connectivity index (χ0v) is 20.6. The van der Waals surface area contributed by atoms with Crippen LogP contribution in [0.1, 0.15) is 33.3 Å². The summed E-state index contributed by atoms with van der Waals surface area (Å²) in [4.78, 5) is 23.9. The maximum atomic E-state index is 13.1. The molecule has 1 heterocycles. The van der Waals surface area contributed by atoms with Crippen molar-refractivity contribution >= 4 is 34.8 Å². The molecule has 0 radical (unpaired) electrons. The molecule has 0 bridgehead atoms. The maximum Gasteiger partial charge on any atom is 0.354 e. The van der Waals surface area contributed by atoms with Gasteiger partial charge in [0.05, 0.1) is 23.4 Å². The van der Waals surface area contributed by atoms with Crippen LogP contribution in [0.3, 0.4) is 0 Å². The number of hydrogen-bond acceptors (Lipinski definition) is 6. The quantitative estimate of drug-likeness (QED) is 0.482. The van der Waals surface area contributed by atoms with Gasteiger partial charge in [-0.3, -0.25) is 4.57 Å². The molecule has 0 fully saturated rings. The second kappa shape index (κ2) is 10.8. The number of nitrogens with two attached hydrogens (primary N) is 1. The van der Waals surface area contributed by atoms with Crippen LogP contribution in [0.25, 0.3) is 0 Å². The highest BCUT2D eigenvalue weighted by Crippen LogP contribution is 2.29. The van der Waals surface area contributed by atoms with Crippen molar-refractivity contribution in [2.45, 2.75) is 40.3 Å². The Labute approximate surface area is 202 Å². The molecule has 0 saturated carbocycles. The third-order valence-electron chi connectivity index (χ3n) is 4.91. The summed E-state index contributed by atoms with van der Waals surface area (Å²) in [6.07, 6.45) is -0.0159. The Kier molecular flexibility index (Phi) is 8.05. The first-order valence-electron chi connectivity index (χ1n) is 10.7. The third-order valence-corrected chi connectivity index (χ3v) is 5.45. The second-order valence-electron chi connectivity index (χ2n) is 7.64. The van der Waals surface area contributed by atoms with Gasteiger partial charge in [-0.15, -0.1) is 0 Å². The fourth-order valence-electron chi connectivity index (χ4n) is 3.28. The first-order valence-corrected chi connectivity index (χ1v) is 11.5. The number of aromatic nitrogens is 3. The van der Waals surface area contributed by atoms with Gasteiger partial charge < -0.3 is 15.5 Å². The molecule has 0 aliphatic carbocycles. The minimum atomic E-state index is -0.460. The largest absolute Gasteiger partial charge is 0.489 e. The molecule has 2 N–H and O–H groups in total. The molecule has 0 aliphatic rings. The summed E-state index contributed by atoms with van der Waals surface area (Å²) in [5.74, 6) is 7.34. The van der Waals surface area contributed by atoms with Gasteiger partial charge in [0.1, 0.15) is 5.75 Å². The van der Waals surface area contributed by atoms with Gasteiger partial charge in [-0.2, -0.15) is 9.66 Å².